The lowest BCUT2D eigenvalue weighted by Crippen LogP contribution is -2.19. The first-order valence-electron chi connectivity index (χ1n) is 5.53. The molecule has 1 atom stereocenters. The largest absolute Gasteiger partial charge is 0.466 e. The van der Waals surface area contributed by atoms with Crippen LogP contribution in [0.2, 0.25) is 0 Å². The van der Waals surface area contributed by atoms with Crippen LogP contribution < -0.4 is 5.73 Å². The summed E-state index contributed by atoms with van der Waals surface area (Å²) in [6, 6.07) is 5.73. The Morgan fingerprint density at radius 1 is 1.35 bits per heavy atom. The Kier molecular flexibility index (Phi) is 6.85. The van der Waals surface area contributed by atoms with Crippen LogP contribution in [0.5, 0.6) is 0 Å². The van der Waals surface area contributed by atoms with Gasteiger partial charge in [0.05, 0.1) is 13.0 Å². The van der Waals surface area contributed by atoms with Crippen LogP contribution in [0.1, 0.15) is 36.1 Å². The van der Waals surface area contributed by atoms with Gasteiger partial charge in [0.25, 0.3) is 0 Å². The Balaban J connectivity index is 0.00000256. The van der Waals surface area contributed by atoms with E-state index < -0.39 is 0 Å². The minimum absolute atomic E-state index is 0. The fourth-order valence-electron chi connectivity index (χ4n) is 1.91. The molecule has 0 saturated heterocycles. The van der Waals surface area contributed by atoms with Crippen LogP contribution in [0.15, 0.2) is 18.2 Å². The van der Waals surface area contributed by atoms with Gasteiger partial charge in [0, 0.05) is 6.04 Å². The second-order valence-corrected chi connectivity index (χ2v) is 3.92. The van der Waals surface area contributed by atoms with Crippen LogP contribution in [-0.4, -0.2) is 12.6 Å². The zero-order valence-corrected chi connectivity index (χ0v) is 11.3. The monoisotopic (exact) mass is 257 g/mol. The number of benzene rings is 1. The van der Waals surface area contributed by atoms with Gasteiger partial charge >= 0.3 is 5.97 Å². The molecule has 0 radical (unpaired) electrons. The molecule has 1 aromatic rings. The molecule has 96 valence electrons. The van der Waals surface area contributed by atoms with E-state index in [2.05, 4.69) is 0 Å². The second-order valence-electron chi connectivity index (χ2n) is 3.92. The van der Waals surface area contributed by atoms with Gasteiger partial charge < -0.3 is 10.5 Å². The molecule has 2 N–H and O–H groups in total. The zero-order chi connectivity index (χ0) is 12.1. The van der Waals surface area contributed by atoms with Crippen molar-refractivity contribution in [3.8, 4) is 0 Å². The fraction of sp³-hybridized carbons (Fsp3) is 0.462. The molecule has 0 spiro atoms. The van der Waals surface area contributed by atoms with Crippen molar-refractivity contribution in [3.05, 3.63) is 34.9 Å². The number of nitrogens with two attached hydrogens (primary N) is 1. The Morgan fingerprint density at radius 2 is 1.88 bits per heavy atom. The SMILES string of the molecule is CCOC(=O)C[C@@H](N)c1c(C)cccc1C.Cl. The molecule has 0 aliphatic rings. The van der Waals surface area contributed by atoms with Gasteiger partial charge in [-0.3, -0.25) is 4.79 Å². The Hall–Kier alpha value is -1.06. The molecule has 0 aromatic heterocycles. The lowest BCUT2D eigenvalue weighted by Gasteiger charge is -2.16. The van der Waals surface area contributed by atoms with Crippen molar-refractivity contribution in [1.82, 2.24) is 0 Å². The van der Waals surface area contributed by atoms with Gasteiger partial charge in [0.15, 0.2) is 0 Å². The zero-order valence-electron chi connectivity index (χ0n) is 10.5. The highest BCUT2D eigenvalue weighted by molar-refractivity contribution is 5.85. The molecule has 0 heterocycles. The van der Waals surface area contributed by atoms with Gasteiger partial charge in [-0.25, -0.2) is 0 Å². The number of hydrogen-bond donors (Lipinski definition) is 1. The first kappa shape index (κ1) is 15.9. The summed E-state index contributed by atoms with van der Waals surface area (Å²) in [6.45, 7) is 6.21. The van der Waals surface area contributed by atoms with Crippen LogP contribution in [0.25, 0.3) is 0 Å². The number of carbonyl (C=O) groups excluding carboxylic acids is 1. The quantitative estimate of drug-likeness (QED) is 0.844. The predicted octanol–water partition coefficient (Wildman–Crippen LogP) is 2.68. The van der Waals surface area contributed by atoms with Crippen molar-refractivity contribution in [2.24, 2.45) is 5.73 Å². The molecule has 1 rings (SSSR count). The van der Waals surface area contributed by atoms with Crippen LogP contribution >= 0.6 is 12.4 Å². The van der Waals surface area contributed by atoms with Gasteiger partial charge in [-0.1, -0.05) is 18.2 Å². The summed E-state index contributed by atoms with van der Waals surface area (Å²) in [6.07, 6.45) is 0.236. The van der Waals surface area contributed by atoms with Gasteiger partial charge in [0.2, 0.25) is 0 Å². The van der Waals surface area contributed by atoms with Gasteiger partial charge in [-0.15, -0.1) is 12.4 Å². The first-order valence-corrected chi connectivity index (χ1v) is 5.53. The molecule has 0 unspecified atom stereocenters. The molecule has 4 heteroatoms. The second kappa shape index (κ2) is 7.30. The highest BCUT2D eigenvalue weighted by Crippen LogP contribution is 2.22. The summed E-state index contributed by atoms with van der Waals surface area (Å²) in [5.74, 6) is -0.238. The highest BCUT2D eigenvalue weighted by atomic mass is 35.5. The van der Waals surface area contributed by atoms with Crippen molar-refractivity contribution in [3.63, 3.8) is 0 Å². The third kappa shape index (κ3) is 4.36. The number of hydrogen-bond acceptors (Lipinski definition) is 3. The van der Waals surface area contributed by atoms with E-state index in [1.54, 1.807) is 6.92 Å². The number of carbonyl (C=O) groups is 1. The molecule has 0 amide bonds. The summed E-state index contributed by atoms with van der Waals surface area (Å²) in [5, 5.41) is 0. The summed E-state index contributed by atoms with van der Waals surface area (Å²) < 4.78 is 4.89. The van der Waals surface area contributed by atoms with Crippen LogP contribution in [0, 0.1) is 13.8 Å². The standard InChI is InChI=1S/C13H19NO2.ClH/c1-4-16-12(15)8-11(14)13-9(2)6-5-7-10(13)3;/h5-7,11H,4,8,14H2,1-3H3;1H/t11-;/m1./s1. The summed E-state index contributed by atoms with van der Waals surface area (Å²) in [5.41, 5.74) is 9.32. The lowest BCUT2D eigenvalue weighted by atomic mass is 9.95. The maximum atomic E-state index is 11.3. The normalized spacial score (nSPS) is 11.5. The van der Waals surface area contributed by atoms with E-state index >= 15 is 0 Å². The predicted molar refractivity (Wildman–Crippen MR) is 71.3 cm³/mol. The molecule has 0 aliphatic heterocycles. The molecule has 0 bridgehead atoms. The maximum Gasteiger partial charge on any atom is 0.307 e. The van der Waals surface area contributed by atoms with Crippen LogP contribution in [-0.2, 0) is 9.53 Å². The van der Waals surface area contributed by atoms with Crippen molar-refractivity contribution < 1.29 is 9.53 Å². The number of halogens is 1. The number of esters is 1. The van der Waals surface area contributed by atoms with Crippen molar-refractivity contribution in [2.45, 2.75) is 33.2 Å². The third-order valence-corrected chi connectivity index (χ3v) is 2.60. The Labute approximate surface area is 109 Å². The van der Waals surface area contributed by atoms with Gasteiger partial charge in [-0.2, -0.15) is 0 Å². The van der Waals surface area contributed by atoms with Crippen LogP contribution in [0.4, 0.5) is 0 Å². The molecule has 1 aromatic carbocycles. The van der Waals surface area contributed by atoms with E-state index in [0.29, 0.717) is 6.61 Å². The van der Waals surface area contributed by atoms with E-state index in [1.807, 2.05) is 32.0 Å². The molecule has 0 fully saturated rings. The molecule has 3 nitrogen and oxygen atoms in total. The van der Waals surface area contributed by atoms with Crippen LogP contribution in [0.3, 0.4) is 0 Å². The fourth-order valence-corrected chi connectivity index (χ4v) is 1.91. The smallest absolute Gasteiger partial charge is 0.307 e. The molecular formula is C13H20ClNO2. The molecular weight excluding hydrogens is 238 g/mol. The average molecular weight is 258 g/mol. The topological polar surface area (TPSA) is 52.3 Å². The van der Waals surface area contributed by atoms with Gasteiger partial charge in [0.1, 0.15) is 0 Å². The molecule has 0 aliphatic carbocycles. The summed E-state index contributed by atoms with van der Waals surface area (Å²) >= 11 is 0. The van der Waals surface area contributed by atoms with Crippen molar-refractivity contribution >= 4 is 18.4 Å². The molecule has 0 saturated carbocycles. The van der Waals surface area contributed by atoms with Crippen molar-refractivity contribution in [2.75, 3.05) is 6.61 Å². The maximum absolute atomic E-state index is 11.3. The Morgan fingerprint density at radius 3 is 2.35 bits per heavy atom. The average Bonchev–Trinajstić information content (AvgIpc) is 2.17. The first-order chi connectivity index (χ1) is 7.56. The molecule has 17 heavy (non-hydrogen) atoms. The van der Waals surface area contributed by atoms with E-state index in [9.17, 15) is 4.79 Å². The van der Waals surface area contributed by atoms with Crippen molar-refractivity contribution in [1.29, 1.82) is 0 Å². The van der Waals surface area contributed by atoms with E-state index in [-0.39, 0.29) is 30.8 Å². The Bertz CT molecular complexity index is 359. The van der Waals surface area contributed by atoms with Gasteiger partial charge in [-0.05, 0) is 37.5 Å². The lowest BCUT2D eigenvalue weighted by molar-refractivity contribution is -0.143. The third-order valence-electron chi connectivity index (χ3n) is 2.60. The van der Waals surface area contributed by atoms with E-state index in [0.717, 1.165) is 16.7 Å². The number of rotatable bonds is 4. The number of aryl methyl sites for hydroxylation is 2. The minimum Gasteiger partial charge on any atom is -0.466 e. The highest BCUT2D eigenvalue weighted by Gasteiger charge is 2.15. The minimum atomic E-state index is -0.278. The number of ether oxygens (including phenoxy) is 1. The van der Waals surface area contributed by atoms with E-state index in [1.165, 1.54) is 0 Å². The summed E-state index contributed by atoms with van der Waals surface area (Å²) in [4.78, 5) is 11.3. The van der Waals surface area contributed by atoms with E-state index in [4.69, 9.17) is 10.5 Å². The summed E-state index contributed by atoms with van der Waals surface area (Å²) in [7, 11) is 0.